The molecule has 5 rings (SSSR count). The molecule has 2 aromatic carbocycles. The van der Waals surface area contributed by atoms with Gasteiger partial charge in [-0.3, -0.25) is 9.59 Å². The minimum absolute atomic E-state index is 0.00215. The number of nitrogens with zero attached hydrogens (tertiary/aromatic N) is 2. The van der Waals surface area contributed by atoms with Gasteiger partial charge in [-0.15, -0.1) is 0 Å². The van der Waals surface area contributed by atoms with Crippen molar-refractivity contribution in [3.8, 4) is 5.75 Å². The van der Waals surface area contributed by atoms with Gasteiger partial charge in [-0.1, -0.05) is 57.5 Å². The number of aromatic hydroxyl groups is 1. The van der Waals surface area contributed by atoms with E-state index in [1.54, 1.807) is 17.0 Å². The number of carbonyl (C=O) groups is 1. The summed E-state index contributed by atoms with van der Waals surface area (Å²) in [5.74, 6) is 2.00. The van der Waals surface area contributed by atoms with Gasteiger partial charge in [0.15, 0.2) is 8.32 Å². The monoisotopic (exact) mass is 704 g/mol. The lowest BCUT2D eigenvalue weighted by molar-refractivity contribution is -0.131. The normalized spacial score (nSPS) is 18.8. The minimum Gasteiger partial charge on any atom is -0.506 e. The Labute approximate surface area is 299 Å². The van der Waals surface area contributed by atoms with Crippen LogP contribution in [0.2, 0.25) is 18.1 Å². The van der Waals surface area contributed by atoms with Crippen LogP contribution in [-0.4, -0.2) is 93.6 Å². The van der Waals surface area contributed by atoms with Gasteiger partial charge < -0.3 is 34.4 Å². The molecule has 3 unspecified atom stereocenters. The Balaban J connectivity index is 1.01. The first-order valence-corrected chi connectivity index (χ1v) is 21.6. The van der Waals surface area contributed by atoms with E-state index >= 15 is 0 Å². The Morgan fingerprint density at radius 3 is 2.38 bits per heavy atom. The molecule has 1 saturated heterocycles. The summed E-state index contributed by atoms with van der Waals surface area (Å²) < 4.78 is 12.7. The van der Waals surface area contributed by atoms with Gasteiger partial charge in [0.2, 0.25) is 11.5 Å². The van der Waals surface area contributed by atoms with Crippen LogP contribution in [0.25, 0.3) is 10.9 Å². The highest BCUT2D eigenvalue weighted by molar-refractivity contribution is 6.74. The number of aromatic amines is 1. The molecule has 0 bridgehead atoms. The first-order chi connectivity index (χ1) is 23.8. The van der Waals surface area contributed by atoms with Gasteiger partial charge in [-0.05, 0) is 84.5 Å². The van der Waals surface area contributed by atoms with Gasteiger partial charge in [-0.25, -0.2) is 0 Å². The summed E-state index contributed by atoms with van der Waals surface area (Å²) in [6, 6.07) is 15.7. The van der Waals surface area contributed by atoms with Crippen molar-refractivity contribution >= 4 is 25.1 Å². The van der Waals surface area contributed by atoms with Gasteiger partial charge in [0.05, 0.1) is 31.3 Å². The molecule has 1 aliphatic heterocycles. The predicted molar refractivity (Wildman–Crippen MR) is 204 cm³/mol. The van der Waals surface area contributed by atoms with Gasteiger partial charge in [0.25, 0.3) is 0 Å². The molecule has 50 heavy (non-hydrogen) atoms. The number of phenolic OH excluding ortho intramolecular Hbond substituents is 1. The SMILES string of the molecule is CN(CCNCC(O[Si](C)(C)C(C)(C)C)c1ccc(O)c2[nH]c(=O)ccc12)C(=O)CCOCCc1ccc(CCN2CC3CCCC3C2)cc1. The predicted octanol–water partition coefficient (Wildman–Crippen LogP) is 6.27. The van der Waals surface area contributed by atoms with Crippen molar-refractivity contribution in [3.05, 3.63) is 75.6 Å². The van der Waals surface area contributed by atoms with Crippen LogP contribution in [0.15, 0.2) is 53.3 Å². The third-order valence-corrected chi connectivity index (χ3v) is 15.9. The lowest BCUT2D eigenvalue weighted by atomic mass is 10.0. The molecular weight excluding hydrogens is 645 g/mol. The molecular formula is C40H60N4O5Si. The van der Waals surface area contributed by atoms with Gasteiger partial charge in [-0.2, -0.15) is 0 Å². The summed E-state index contributed by atoms with van der Waals surface area (Å²) >= 11 is 0. The molecule has 1 aromatic heterocycles. The Morgan fingerprint density at radius 2 is 1.70 bits per heavy atom. The Morgan fingerprint density at radius 1 is 1.02 bits per heavy atom. The average molecular weight is 705 g/mol. The molecule has 3 aromatic rings. The number of nitrogens with one attached hydrogen (secondary N) is 2. The van der Waals surface area contributed by atoms with Crippen LogP contribution in [0.4, 0.5) is 0 Å². The number of hydrogen-bond donors (Lipinski definition) is 3. The molecule has 1 aliphatic carbocycles. The average Bonchev–Trinajstić information content (AvgIpc) is 3.68. The smallest absolute Gasteiger partial charge is 0.248 e. The number of likely N-dealkylation sites (tertiary alicyclic amines) is 1. The quantitative estimate of drug-likeness (QED) is 0.112. The van der Waals surface area contributed by atoms with E-state index in [-0.39, 0.29) is 28.4 Å². The Bertz CT molecular complexity index is 1610. The fourth-order valence-corrected chi connectivity index (χ4v) is 8.48. The maximum Gasteiger partial charge on any atom is 0.248 e. The Hall–Kier alpha value is -3.02. The maximum atomic E-state index is 12.8. The highest BCUT2D eigenvalue weighted by Crippen LogP contribution is 2.41. The van der Waals surface area contributed by atoms with Gasteiger partial charge >= 0.3 is 0 Å². The van der Waals surface area contributed by atoms with Crippen molar-refractivity contribution in [1.82, 2.24) is 20.1 Å². The molecule has 2 aliphatic rings. The standard InChI is InChI=1S/C40H60N4O5Si/c1-40(2,3)50(5,6)49-36(33-14-16-35(45)39-34(33)15-17-37(46)42-39)26-41-21-23-43(4)38(47)20-25-48-24-19-30-12-10-29(11-13-30)18-22-44-27-31-8-7-9-32(31)28-44/h10-17,31-32,36,41,45H,7-9,18-28H2,1-6H3,(H,42,46). The van der Waals surface area contributed by atoms with E-state index in [4.69, 9.17) is 9.16 Å². The molecule has 0 radical (unpaired) electrons. The van der Waals surface area contributed by atoms with Crippen LogP contribution in [0, 0.1) is 11.8 Å². The van der Waals surface area contributed by atoms with Gasteiger partial charge in [0, 0.05) is 57.8 Å². The number of hydrogen-bond acceptors (Lipinski definition) is 7. The topological polar surface area (TPSA) is 107 Å². The van der Waals surface area contributed by atoms with Crippen LogP contribution >= 0.6 is 0 Å². The van der Waals surface area contributed by atoms with Crippen LogP contribution < -0.4 is 10.9 Å². The largest absolute Gasteiger partial charge is 0.506 e. The first kappa shape index (κ1) is 38.2. The molecule has 2 fully saturated rings. The van der Waals surface area contributed by atoms with E-state index in [2.05, 4.69) is 73.3 Å². The second-order valence-corrected chi connectivity index (χ2v) is 20.8. The molecule has 1 saturated carbocycles. The fraction of sp³-hybridized carbons (Fsp3) is 0.600. The molecule has 3 atom stereocenters. The van der Waals surface area contributed by atoms with Crippen molar-refractivity contribution < 1.29 is 19.1 Å². The minimum atomic E-state index is -2.18. The molecule has 0 spiro atoms. The molecule has 9 nitrogen and oxygen atoms in total. The van der Waals surface area contributed by atoms with Crippen LogP contribution in [-0.2, 0) is 26.8 Å². The number of benzene rings is 2. The molecule has 3 N–H and O–H groups in total. The van der Waals surface area contributed by atoms with Crippen molar-refractivity contribution in [2.24, 2.45) is 11.8 Å². The van der Waals surface area contributed by atoms with E-state index < -0.39 is 8.32 Å². The second kappa shape index (κ2) is 17.0. The third-order valence-electron chi connectivity index (χ3n) is 11.4. The number of phenols is 1. The van der Waals surface area contributed by atoms with Crippen molar-refractivity contribution in [1.29, 1.82) is 0 Å². The number of fused-ring (bicyclic) bond motifs is 2. The highest BCUT2D eigenvalue weighted by Gasteiger charge is 2.40. The van der Waals surface area contributed by atoms with E-state index in [0.717, 1.165) is 35.6 Å². The number of ether oxygens (including phenoxy) is 1. The lowest BCUT2D eigenvalue weighted by Gasteiger charge is -2.39. The highest BCUT2D eigenvalue weighted by atomic mass is 28.4. The third kappa shape index (κ3) is 10.1. The molecule has 2 heterocycles. The fourth-order valence-electron chi connectivity index (χ4n) is 7.21. The van der Waals surface area contributed by atoms with Crippen molar-refractivity contribution in [2.75, 3.05) is 59.5 Å². The molecule has 10 heteroatoms. The Kier molecular flexibility index (Phi) is 13.0. The van der Waals surface area contributed by atoms with E-state index in [9.17, 15) is 14.7 Å². The van der Waals surface area contributed by atoms with Crippen LogP contribution in [0.3, 0.4) is 0 Å². The number of aromatic nitrogens is 1. The van der Waals surface area contributed by atoms with Gasteiger partial charge in [0.1, 0.15) is 5.75 Å². The number of rotatable bonds is 17. The van der Waals surface area contributed by atoms with E-state index in [1.807, 2.05) is 13.1 Å². The second-order valence-electron chi connectivity index (χ2n) is 16.1. The number of amides is 1. The zero-order valence-corrected chi connectivity index (χ0v) is 32.2. The van der Waals surface area contributed by atoms with Crippen molar-refractivity contribution in [2.45, 2.75) is 83.5 Å². The number of pyridine rings is 1. The zero-order chi connectivity index (χ0) is 35.9. The molecule has 274 valence electrons. The summed E-state index contributed by atoms with van der Waals surface area (Å²) in [6.45, 7) is 17.5. The maximum absolute atomic E-state index is 12.8. The number of carbonyl (C=O) groups excluding carboxylic acids is 1. The van der Waals surface area contributed by atoms with E-state index in [0.29, 0.717) is 44.8 Å². The summed E-state index contributed by atoms with van der Waals surface area (Å²) in [5.41, 5.74) is 3.72. The summed E-state index contributed by atoms with van der Waals surface area (Å²) in [4.78, 5) is 32.0. The summed E-state index contributed by atoms with van der Waals surface area (Å²) in [5, 5.41) is 14.7. The van der Waals surface area contributed by atoms with Crippen LogP contribution in [0.5, 0.6) is 5.75 Å². The summed E-state index contributed by atoms with van der Waals surface area (Å²) in [6.07, 6.45) is 6.31. The first-order valence-electron chi connectivity index (χ1n) is 18.7. The number of likely N-dealkylation sites (N-methyl/N-ethyl adjacent to an activating group) is 1. The molecule has 1 amide bonds. The van der Waals surface area contributed by atoms with Crippen molar-refractivity contribution in [3.63, 3.8) is 0 Å². The van der Waals surface area contributed by atoms with E-state index in [1.165, 1.54) is 56.1 Å². The lowest BCUT2D eigenvalue weighted by Crippen LogP contribution is -2.44. The number of H-pyrrole nitrogens is 1. The summed E-state index contributed by atoms with van der Waals surface area (Å²) in [7, 11) is -0.347. The van der Waals surface area contributed by atoms with Crippen LogP contribution in [0.1, 0.15) is 69.2 Å². The zero-order valence-electron chi connectivity index (χ0n) is 31.2.